The predicted octanol–water partition coefficient (Wildman–Crippen LogP) is 5.06. The molecule has 2 unspecified atom stereocenters. The molecule has 0 N–H and O–H groups in total. The molecule has 0 bridgehead atoms. The van der Waals surface area contributed by atoms with Gasteiger partial charge in [0, 0.05) is 15.7 Å². The maximum atomic E-state index is 5.73. The molecule has 1 aromatic heterocycles. The predicted molar refractivity (Wildman–Crippen MR) is 80.0 cm³/mol. The lowest BCUT2D eigenvalue weighted by Gasteiger charge is -2.29. The van der Waals surface area contributed by atoms with Gasteiger partial charge in [0.2, 0.25) is 0 Å². The Morgan fingerprint density at radius 2 is 2.11 bits per heavy atom. The number of hydrogen-bond acceptors (Lipinski definition) is 2. The Hall–Kier alpha value is -0.800. The first kappa shape index (κ1) is 12.2. The fraction of sp³-hybridized carbons (Fsp3) is 0.333. The number of fused-ring (bicyclic) bond motifs is 1. The van der Waals surface area contributed by atoms with Gasteiger partial charge in [-0.25, -0.2) is 0 Å². The molecule has 0 spiro atoms. The Morgan fingerprint density at radius 1 is 1.28 bits per heavy atom. The molecular weight excluding hydrogens is 308 g/mol. The number of ether oxygens (including phenoxy) is 1. The van der Waals surface area contributed by atoms with Crippen molar-refractivity contribution in [3.8, 4) is 5.75 Å². The van der Waals surface area contributed by atoms with E-state index in [2.05, 4.69) is 53.2 Å². The Labute approximate surface area is 120 Å². The van der Waals surface area contributed by atoms with Gasteiger partial charge in [-0.15, -0.1) is 11.3 Å². The van der Waals surface area contributed by atoms with Crippen LogP contribution in [0.1, 0.15) is 32.5 Å². The van der Waals surface area contributed by atoms with Gasteiger partial charge in [0.1, 0.15) is 5.75 Å². The van der Waals surface area contributed by atoms with Gasteiger partial charge < -0.3 is 4.74 Å². The van der Waals surface area contributed by atoms with Crippen molar-refractivity contribution in [2.45, 2.75) is 24.1 Å². The lowest BCUT2D eigenvalue weighted by Crippen LogP contribution is -2.17. The van der Waals surface area contributed by atoms with Gasteiger partial charge in [-0.2, -0.15) is 0 Å². The zero-order valence-corrected chi connectivity index (χ0v) is 12.6. The topological polar surface area (TPSA) is 9.23 Å². The first-order valence-electron chi connectivity index (χ1n) is 6.18. The van der Waals surface area contributed by atoms with Crippen molar-refractivity contribution in [2.24, 2.45) is 0 Å². The van der Waals surface area contributed by atoms with Crippen molar-refractivity contribution < 1.29 is 4.74 Å². The summed E-state index contributed by atoms with van der Waals surface area (Å²) in [5.41, 5.74) is 1.33. The SMILES string of the molecule is Cc1ccc(C(Br)C2CCOc3ccccc32)s1. The van der Waals surface area contributed by atoms with E-state index < -0.39 is 0 Å². The molecular formula is C15H15BrOS. The highest BCUT2D eigenvalue weighted by molar-refractivity contribution is 9.09. The third-order valence-electron chi connectivity index (χ3n) is 3.39. The fourth-order valence-electron chi connectivity index (χ4n) is 2.47. The van der Waals surface area contributed by atoms with Crippen LogP contribution in [0, 0.1) is 6.92 Å². The van der Waals surface area contributed by atoms with Crippen LogP contribution in [0.15, 0.2) is 36.4 Å². The lowest BCUT2D eigenvalue weighted by atomic mass is 9.90. The van der Waals surface area contributed by atoms with E-state index >= 15 is 0 Å². The number of halogens is 1. The van der Waals surface area contributed by atoms with E-state index in [0.29, 0.717) is 10.7 Å². The zero-order valence-electron chi connectivity index (χ0n) is 10.2. The molecule has 0 saturated heterocycles. The molecule has 94 valence electrons. The summed E-state index contributed by atoms with van der Waals surface area (Å²) < 4.78 is 5.73. The minimum atomic E-state index is 0.390. The number of alkyl halides is 1. The average Bonchev–Trinajstić information content (AvgIpc) is 2.84. The Bertz CT molecular complexity index is 549. The van der Waals surface area contributed by atoms with E-state index in [9.17, 15) is 0 Å². The van der Waals surface area contributed by atoms with Crippen LogP contribution < -0.4 is 4.74 Å². The van der Waals surface area contributed by atoms with E-state index in [1.807, 2.05) is 17.4 Å². The van der Waals surface area contributed by atoms with Crippen molar-refractivity contribution >= 4 is 27.3 Å². The first-order valence-corrected chi connectivity index (χ1v) is 7.91. The molecule has 2 atom stereocenters. The maximum Gasteiger partial charge on any atom is 0.122 e. The van der Waals surface area contributed by atoms with Crippen LogP contribution in [-0.2, 0) is 0 Å². The Kier molecular flexibility index (Phi) is 3.44. The van der Waals surface area contributed by atoms with Crippen LogP contribution in [0.4, 0.5) is 0 Å². The summed E-state index contributed by atoms with van der Waals surface area (Å²) >= 11 is 5.76. The van der Waals surface area contributed by atoms with Crippen LogP contribution in [0.25, 0.3) is 0 Å². The van der Waals surface area contributed by atoms with E-state index in [-0.39, 0.29) is 0 Å². The van der Waals surface area contributed by atoms with Crippen LogP contribution in [-0.4, -0.2) is 6.61 Å². The highest BCUT2D eigenvalue weighted by atomic mass is 79.9. The van der Waals surface area contributed by atoms with Crippen LogP contribution in [0.3, 0.4) is 0 Å². The second kappa shape index (κ2) is 5.06. The number of rotatable bonds is 2. The molecule has 18 heavy (non-hydrogen) atoms. The molecule has 3 heteroatoms. The van der Waals surface area contributed by atoms with Crippen LogP contribution >= 0.6 is 27.3 Å². The van der Waals surface area contributed by atoms with Gasteiger partial charge in [-0.3, -0.25) is 0 Å². The quantitative estimate of drug-likeness (QED) is 0.702. The molecule has 2 heterocycles. The molecule has 2 aromatic rings. The van der Waals surface area contributed by atoms with Gasteiger partial charge in [0.25, 0.3) is 0 Å². The minimum Gasteiger partial charge on any atom is -0.493 e. The number of para-hydroxylation sites is 1. The van der Waals surface area contributed by atoms with Gasteiger partial charge in [-0.05, 0) is 37.1 Å². The van der Waals surface area contributed by atoms with Crippen molar-refractivity contribution in [1.29, 1.82) is 0 Å². The Balaban J connectivity index is 1.94. The number of hydrogen-bond donors (Lipinski definition) is 0. The molecule has 1 aliphatic heterocycles. The largest absolute Gasteiger partial charge is 0.493 e. The van der Waals surface area contributed by atoms with Gasteiger partial charge >= 0.3 is 0 Å². The van der Waals surface area contributed by atoms with Gasteiger partial charge in [0.05, 0.1) is 11.4 Å². The van der Waals surface area contributed by atoms with Crippen LogP contribution in [0.2, 0.25) is 0 Å². The van der Waals surface area contributed by atoms with Crippen LogP contribution in [0.5, 0.6) is 5.75 Å². The minimum absolute atomic E-state index is 0.390. The monoisotopic (exact) mass is 322 g/mol. The third kappa shape index (κ3) is 2.21. The van der Waals surface area contributed by atoms with Gasteiger partial charge in [-0.1, -0.05) is 34.1 Å². The summed E-state index contributed by atoms with van der Waals surface area (Å²) in [5.74, 6) is 1.56. The van der Waals surface area contributed by atoms with Crippen molar-refractivity contribution in [1.82, 2.24) is 0 Å². The molecule has 0 amide bonds. The smallest absolute Gasteiger partial charge is 0.122 e. The van der Waals surface area contributed by atoms with E-state index in [1.54, 1.807) is 0 Å². The molecule has 0 aliphatic carbocycles. The standard InChI is InChI=1S/C15H15BrOS/c1-10-6-7-14(18-10)15(16)12-8-9-17-13-5-3-2-4-11(12)13/h2-7,12,15H,8-9H2,1H3. The van der Waals surface area contributed by atoms with E-state index in [0.717, 1.165) is 18.8 Å². The zero-order chi connectivity index (χ0) is 12.5. The molecule has 3 rings (SSSR count). The lowest BCUT2D eigenvalue weighted by molar-refractivity contribution is 0.266. The summed E-state index contributed by atoms with van der Waals surface area (Å²) in [5, 5.41) is 0. The van der Waals surface area contributed by atoms with Crippen molar-refractivity contribution in [2.75, 3.05) is 6.61 Å². The molecule has 1 nitrogen and oxygen atoms in total. The highest BCUT2D eigenvalue weighted by Gasteiger charge is 2.28. The summed E-state index contributed by atoms with van der Waals surface area (Å²) in [4.78, 5) is 3.17. The first-order chi connectivity index (χ1) is 8.75. The summed E-state index contributed by atoms with van der Waals surface area (Å²) in [6.07, 6.45) is 1.07. The second-order valence-electron chi connectivity index (χ2n) is 4.63. The number of aryl methyl sites for hydroxylation is 1. The van der Waals surface area contributed by atoms with Crippen molar-refractivity contribution in [3.63, 3.8) is 0 Å². The molecule has 0 radical (unpaired) electrons. The molecule has 0 saturated carbocycles. The van der Waals surface area contributed by atoms with E-state index in [4.69, 9.17) is 4.74 Å². The van der Waals surface area contributed by atoms with Crippen molar-refractivity contribution in [3.05, 3.63) is 51.7 Å². The normalized spacial score (nSPS) is 20.0. The highest BCUT2D eigenvalue weighted by Crippen LogP contribution is 2.47. The molecule has 1 aliphatic rings. The maximum absolute atomic E-state index is 5.73. The average molecular weight is 323 g/mol. The fourth-order valence-corrected chi connectivity index (χ4v) is 4.38. The molecule has 1 aromatic carbocycles. The summed E-state index contributed by atoms with van der Waals surface area (Å²) in [6.45, 7) is 2.97. The summed E-state index contributed by atoms with van der Waals surface area (Å²) in [7, 11) is 0. The third-order valence-corrected chi connectivity index (χ3v) is 5.91. The summed E-state index contributed by atoms with van der Waals surface area (Å²) in [6, 6.07) is 12.8. The number of thiophene rings is 1. The van der Waals surface area contributed by atoms with Gasteiger partial charge in [0.15, 0.2) is 0 Å². The Morgan fingerprint density at radius 3 is 2.89 bits per heavy atom. The molecule has 0 fully saturated rings. The van der Waals surface area contributed by atoms with E-state index in [1.165, 1.54) is 15.3 Å². The number of benzene rings is 1. The second-order valence-corrected chi connectivity index (χ2v) is 6.94.